The number of sulfonamides is 1. The minimum atomic E-state index is -3.52. The zero-order chi connectivity index (χ0) is 18.7. The van der Waals surface area contributed by atoms with E-state index in [4.69, 9.17) is 0 Å². The predicted molar refractivity (Wildman–Crippen MR) is 101 cm³/mol. The number of nitrogens with one attached hydrogen (secondary N) is 1. The normalized spacial score (nSPS) is 22.5. The van der Waals surface area contributed by atoms with Crippen LogP contribution in [-0.4, -0.2) is 67.9 Å². The van der Waals surface area contributed by atoms with Crippen LogP contribution in [-0.2, 0) is 17.1 Å². The Bertz CT molecular complexity index is 736. The molecule has 0 aromatic carbocycles. The molecule has 0 spiro atoms. The van der Waals surface area contributed by atoms with Gasteiger partial charge < -0.3 is 14.8 Å². The number of carbonyl (C=O) groups is 1. The number of hydrogen-bond donors (Lipinski definition) is 1. The Balaban J connectivity index is 1.78. The Morgan fingerprint density at radius 3 is 2.62 bits per heavy atom. The number of rotatable bonds is 5. The van der Waals surface area contributed by atoms with E-state index < -0.39 is 10.0 Å². The van der Waals surface area contributed by atoms with Crippen LogP contribution >= 0.6 is 0 Å². The average Bonchev–Trinajstić information content (AvgIpc) is 3.05. The van der Waals surface area contributed by atoms with Crippen molar-refractivity contribution >= 4 is 15.9 Å². The number of hydrogen-bond acceptors (Lipinski definition) is 4. The van der Waals surface area contributed by atoms with Gasteiger partial charge in [-0.15, -0.1) is 0 Å². The third-order valence-corrected chi connectivity index (χ3v) is 7.31. The molecule has 26 heavy (non-hydrogen) atoms. The molecule has 1 aromatic heterocycles. The molecular weight excluding hydrogens is 352 g/mol. The smallest absolute Gasteiger partial charge is 0.270 e. The fourth-order valence-corrected chi connectivity index (χ4v) is 5.60. The van der Waals surface area contributed by atoms with Crippen LogP contribution in [0.1, 0.15) is 42.6 Å². The van der Waals surface area contributed by atoms with E-state index in [0.717, 1.165) is 51.7 Å². The molecule has 146 valence electrons. The first kappa shape index (κ1) is 19.4. The zero-order valence-electron chi connectivity index (χ0n) is 15.8. The van der Waals surface area contributed by atoms with Gasteiger partial charge in [0.1, 0.15) is 10.6 Å². The minimum absolute atomic E-state index is 0.0756. The van der Waals surface area contributed by atoms with Gasteiger partial charge in [0, 0.05) is 39.4 Å². The number of piperidine rings is 2. The van der Waals surface area contributed by atoms with Gasteiger partial charge in [0.2, 0.25) is 10.0 Å². The predicted octanol–water partition coefficient (Wildman–Crippen LogP) is 1.27. The fourth-order valence-electron chi connectivity index (χ4n) is 4.01. The quantitative estimate of drug-likeness (QED) is 0.832. The van der Waals surface area contributed by atoms with Crippen molar-refractivity contribution in [3.8, 4) is 0 Å². The van der Waals surface area contributed by atoms with Crippen LogP contribution < -0.4 is 5.32 Å². The number of aryl methyl sites for hydroxylation is 1. The molecule has 2 fully saturated rings. The van der Waals surface area contributed by atoms with Gasteiger partial charge in [-0.2, -0.15) is 4.31 Å². The molecule has 1 amide bonds. The lowest BCUT2D eigenvalue weighted by molar-refractivity contribution is 0.0664. The Morgan fingerprint density at radius 2 is 1.92 bits per heavy atom. The van der Waals surface area contributed by atoms with E-state index in [1.165, 1.54) is 0 Å². The largest absolute Gasteiger partial charge is 0.345 e. The molecule has 0 saturated carbocycles. The van der Waals surface area contributed by atoms with E-state index in [2.05, 4.69) is 5.32 Å². The Morgan fingerprint density at radius 1 is 1.19 bits per heavy atom. The van der Waals surface area contributed by atoms with E-state index >= 15 is 0 Å². The molecule has 1 N–H and O–H groups in total. The Hall–Kier alpha value is -1.38. The summed E-state index contributed by atoms with van der Waals surface area (Å²) in [7, 11) is 0.158. The third kappa shape index (κ3) is 3.97. The second-order valence-corrected chi connectivity index (χ2v) is 9.39. The van der Waals surface area contributed by atoms with E-state index in [0.29, 0.717) is 24.7 Å². The van der Waals surface area contributed by atoms with Crippen LogP contribution in [0.15, 0.2) is 17.2 Å². The monoisotopic (exact) mass is 382 g/mol. The first-order valence-corrected chi connectivity index (χ1v) is 11.0. The molecule has 1 atom stereocenters. The van der Waals surface area contributed by atoms with Crippen LogP contribution in [0.5, 0.6) is 0 Å². The van der Waals surface area contributed by atoms with E-state index in [-0.39, 0.29) is 10.8 Å². The first-order chi connectivity index (χ1) is 12.4. The van der Waals surface area contributed by atoms with Crippen LogP contribution in [0.4, 0.5) is 0 Å². The molecule has 2 saturated heterocycles. The Kier molecular flexibility index (Phi) is 6.04. The van der Waals surface area contributed by atoms with Crippen molar-refractivity contribution in [3.05, 3.63) is 18.0 Å². The number of aromatic nitrogens is 1. The topological polar surface area (TPSA) is 74.7 Å². The molecule has 1 aromatic rings. The highest BCUT2D eigenvalue weighted by atomic mass is 32.2. The zero-order valence-corrected chi connectivity index (χ0v) is 16.6. The molecule has 3 rings (SSSR count). The molecule has 2 aliphatic rings. The average molecular weight is 383 g/mol. The van der Waals surface area contributed by atoms with Crippen molar-refractivity contribution in [1.29, 1.82) is 0 Å². The standard InChI is InChI=1S/C18H30N4O3S/c1-19-12-15-7-6-8-21(13-15)18(23)17-11-16(14-20(17)2)26(24,25)22-9-4-3-5-10-22/h11,14-15,19H,3-10,12-13H2,1-2H3. The number of nitrogens with zero attached hydrogens (tertiary/aromatic N) is 3. The third-order valence-electron chi connectivity index (χ3n) is 5.45. The van der Waals surface area contributed by atoms with Crippen LogP contribution in [0.3, 0.4) is 0 Å². The van der Waals surface area contributed by atoms with Gasteiger partial charge in [-0.1, -0.05) is 6.42 Å². The lowest BCUT2D eigenvalue weighted by Crippen LogP contribution is -2.43. The summed E-state index contributed by atoms with van der Waals surface area (Å²) in [6.45, 7) is 3.49. The second kappa shape index (κ2) is 8.10. The lowest BCUT2D eigenvalue weighted by Gasteiger charge is -2.32. The molecular formula is C18H30N4O3S. The highest BCUT2D eigenvalue weighted by Gasteiger charge is 2.30. The molecule has 2 aliphatic heterocycles. The molecule has 0 radical (unpaired) electrons. The maximum atomic E-state index is 13.0. The van der Waals surface area contributed by atoms with Crippen LogP contribution in [0.2, 0.25) is 0 Å². The molecule has 1 unspecified atom stereocenters. The minimum Gasteiger partial charge on any atom is -0.345 e. The summed E-state index contributed by atoms with van der Waals surface area (Å²) >= 11 is 0. The van der Waals surface area contributed by atoms with Crippen molar-refractivity contribution in [2.75, 3.05) is 39.8 Å². The van der Waals surface area contributed by atoms with Gasteiger partial charge in [-0.05, 0) is 51.3 Å². The van der Waals surface area contributed by atoms with Crippen LogP contribution in [0.25, 0.3) is 0 Å². The van der Waals surface area contributed by atoms with Crippen molar-refractivity contribution < 1.29 is 13.2 Å². The molecule has 7 nitrogen and oxygen atoms in total. The summed E-state index contributed by atoms with van der Waals surface area (Å²) in [5.74, 6) is 0.378. The van der Waals surface area contributed by atoms with Gasteiger partial charge in [-0.3, -0.25) is 4.79 Å². The van der Waals surface area contributed by atoms with Gasteiger partial charge in [0.15, 0.2) is 0 Å². The second-order valence-electron chi connectivity index (χ2n) is 7.45. The molecule has 3 heterocycles. The van der Waals surface area contributed by atoms with Gasteiger partial charge >= 0.3 is 0 Å². The summed E-state index contributed by atoms with van der Waals surface area (Å²) in [6, 6.07) is 1.55. The SMILES string of the molecule is CNCC1CCCN(C(=O)c2cc(S(=O)(=O)N3CCCCC3)cn2C)C1. The first-order valence-electron chi connectivity index (χ1n) is 9.54. The van der Waals surface area contributed by atoms with E-state index in [9.17, 15) is 13.2 Å². The summed E-state index contributed by atoms with van der Waals surface area (Å²) in [5.41, 5.74) is 0.450. The van der Waals surface area contributed by atoms with Crippen molar-refractivity contribution in [1.82, 2.24) is 19.1 Å². The maximum absolute atomic E-state index is 13.0. The van der Waals surface area contributed by atoms with E-state index in [1.807, 2.05) is 11.9 Å². The fraction of sp³-hybridized carbons (Fsp3) is 0.722. The maximum Gasteiger partial charge on any atom is 0.270 e. The van der Waals surface area contributed by atoms with Crippen molar-refractivity contribution in [2.24, 2.45) is 13.0 Å². The Labute approximate surface area is 156 Å². The number of likely N-dealkylation sites (tertiary alicyclic amines) is 1. The molecule has 0 bridgehead atoms. The van der Waals surface area contributed by atoms with Gasteiger partial charge in [0.05, 0.1) is 0 Å². The number of amides is 1. The summed E-state index contributed by atoms with van der Waals surface area (Å²) < 4.78 is 28.9. The summed E-state index contributed by atoms with van der Waals surface area (Å²) in [6.07, 6.45) is 6.56. The lowest BCUT2D eigenvalue weighted by atomic mass is 9.98. The molecule has 0 aliphatic carbocycles. The van der Waals surface area contributed by atoms with E-state index in [1.54, 1.807) is 28.2 Å². The highest BCUT2D eigenvalue weighted by molar-refractivity contribution is 7.89. The number of carbonyl (C=O) groups excluding carboxylic acids is 1. The van der Waals surface area contributed by atoms with Crippen LogP contribution in [0, 0.1) is 5.92 Å². The van der Waals surface area contributed by atoms with Gasteiger partial charge in [-0.25, -0.2) is 8.42 Å². The van der Waals surface area contributed by atoms with Crippen molar-refractivity contribution in [3.63, 3.8) is 0 Å². The van der Waals surface area contributed by atoms with Crippen molar-refractivity contribution in [2.45, 2.75) is 37.0 Å². The highest BCUT2D eigenvalue weighted by Crippen LogP contribution is 2.24. The molecule has 8 heteroatoms. The van der Waals surface area contributed by atoms with Gasteiger partial charge in [0.25, 0.3) is 5.91 Å². The summed E-state index contributed by atoms with van der Waals surface area (Å²) in [5, 5.41) is 3.18. The summed E-state index contributed by atoms with van der Waals surface area (Å²) in [4.78, 5) is 15.1.